The molecule has 3 aromatic rings. The maximum Gasteiger partial charge on any atom is 0.264 e. The minimum Gasteiger partial charge on any atom is -0.354 e. The third kappa shape index (κ3) is 7.36. The van der Waals surface area contributed by atoms with Crippen LogP contribution in [0.1, 0.15) is 37.8 Å². The standard InChI is InChI=1S/C29H33ClFN3O4S/c1-4-18-32-29(36)26(5-2)33(19-22-14-16-23(31)17-15-22)28(35)20-34(27-13-9-12-25(30)21(27)3)39(37,38)24-10-7-6-8-11-24/h6-17,26H,4-5,18-20H2,1-3H3,(H,32,36). The van der Waals surface area contributed by atoms with Gasteiger partial charge < -0.3 is 10.2 Å². The van der Waals surface area contributed by atoms with Crippen molar-refractivity contribution in [1.29, 1.82) is 0 Å². The Labute approximate surface area is 234 Å². The first-order valence-electron chi connectivity index (χ1n) is 12.7. The van der Waals surface area contributed by atoms with Gasteiger partial charge in [-0.2, -0.15) is 0 Å². The molecule has 0 saturated heterocycles. The molecule has 0 aromatic heterocycles. The molecule has 0 spiro atoms. The zero-order valence-corrected chi connectivity index (χ0v) is 23.8. The highest BCUT2D eigenvalue weighted by Crippen LogP contribution is 2.31. The molecule has 3 aromatic carbocycles. The summed E-state index contributed by atoms with van der Waals surface area (Å²) in [6.07, 6.45) is 1.01. The highest BCUT2D eigenvalue weighted by molar-refractivity contribution is 7.92. The zero-order chi connectivity index (χ0) is 28.6. The highest BCUT2D eigenvalue weighted by atomic mass is 35.5. The Morgan fingerprint density at radius 3 is 2.26 bits per heavy atom. The summed E-state index contributed by atoms with van der Waals surface area (Å²) >= 11 is 6.34. The number of benzene rings is 3. The van der Waals surface area contributed by atoms with Crippen molar-refractivity contribution in [2.75, 3.05) is 17.4 Å². The SMILES string of the molecule is CCCNC(=O)C(CC)N(Cc1ccc(F)cc1)C(=O)CN(c1cccc(Cl)c1C)S(=O)(=O)c1ccccc1. The van der Waals surface area contributed by atoms with Crippen LogP contribution in [-0.2, 0) is 26.2 Å². The number of amides is 2. The Hall–Kier alpha value is -3.43. The van der Waals surface area contributed by atoms with Crippen molar-refractivity contribution in [2.45, 2.75) is 51.1 Å². The van der Waals surface area contributed by atoms with E-state index in [1.807, 2.05) is 6.92 Å². The van der Waals surface area contributed by atoms with Gasteiger partial charge in [-0.15, -0.1) is 0 Å². The van der Waals surface area contributed by atoms with Gasteiger partial charge in [0.1, 0.15) is 18.4 Å². The molecule has 0 saturated carbocycles. The average Bonchev–Trinajstić information content (AvgIpc) is 2.93. The molecular formula is C29H33ClFN3O4S. The second-order valence-electron chi connectivity index (χ2n) is 9.07. The van der Waals surface area contributed by atoms with Crippen molar-refractivity contribution in [2.24, 2.45) is 0 Å². The van der Waals surface area contributed by atoms with Crippen LogP contribution in [0.25, 0.3) is 0 Å². The van der Waals surface area contributed by atoms with Crippen molar-refractivity contribution >= 4 is 39.1 Å². The number of hydrogen-bond donors (Lipinski definition) is 1. The van der Waals surface area contributed by atoms with Crippen LogP contribution in [0.3, 0.4) is 0 Å². The Bertz CT molecular complexity index is 1390. The molecule has 7 nitrogen and oxygen atoms in total. The van der Waals surface area contributed by atoms with E-state index in [2.05, 4.69) is 5.32 Å². The Morgan fingerprint density at radius 1 is 0.974 bits per heavy atom. The third-order valence-electron chi connectivity index (χ3n) is 6.32. The van der Waals surface area contributed by atoms with Crippen LogP contribution in [0.15, 0.2) is 77.7 Å². The first-order chi connectivity index (χ1) is 18.6. The Balaban J connectivity index is 2.08. The van der Waals surface area contributed by atoms with Gasteiger partial charge in [-0.25, -0.2) is 12.8 Å². The van der Waals surface area contributed by atoms with Gasteiger partial charge in [-0.05, 0) is 67.3 Å². The van der Waals surface area contributed by atoms with E-state index in [0.717, 1.165) is 4.31 Å². The molecule has 1 atom stereocenters. The van der Waals surface area contributed by atoms with E-state index >= 15 is 0 Å². The van der Waals surface area contributed by atoms with Crippen LogP contribution in [-0.4, -0.2) is 44.3 Å². The van der Waals surface area contributed by atoms with E-state index in [-0.39, 0.29) is 23.0 Å². The normalized spacial score (nSPS) is 12.0. The number of carbonyl (C=O) groups is 2. The first-order valence-corrected chi connectivity index (χ1v) is 14.6. The molecule has 1 N–H and O–H groups in total. The van der Waals surface area contributed by atoms with Gasteiger partial charge in [0.15, 0.2) is 0 Å². The molecule has 1 unspecified atom stereocenters. The second-order valence-corrected chi connectivity index (χ2v) is 11.3. The number of nitrogens with one attached hydrogen (secondary N) is 1. The Kier molecular flexibility index (Phi) is 10.5. The molecule has 208 valence electrons. The number of nitrogens with zero attached hydrogens (tertiary/aromatic N) is 2. The van der Waals surface area contributed by atoms with E-state index in [4.69, 9.17) is 11.6 Å². The quantitative estimate of drug-likeness (QED) is 0.318. The van der Waals surface area contributed by atoms with E-state index in [1.165, 1.54) is 41.3 Å². The molecular weight excluding hydrogens is 541 g/mol. The number of hydrogen-bond acceptors (Lipinski definition) is 4. The third-order valence-corrected chi connectivity index (χ3v) is 8.50. The molecule has 3 rings (SSSR count). The summed E-state index contributed by atoms with van der Waals surface area (Å²) in [5.41, 5.74) is 1.34. The predicted octanol–water partition coefficient (Wildman–Crippen LogP) is 5.32. The van der Waals surface area contributed by atoms with Crippen LogP contribution >= 0.6 is 11.6 Å². The Morgan fingerprint density at radius 2 is 1.64 bits per heavy atom. The van der Waals surface area contributed by atoms with Crippen molar-refractivity contribution in [3.8, 4) is 0 Å². The summed E-state index contributed by atoms with van der Waals surface area (Å²) in [6, 6.07) is 17.4. The number of halogens is 2. The number of carbonyl (C=O) groups excluding carboxylic acids is 2. The van der Waals surface area contributed by atoms with Crippen molar-refractivity contribution in [3.63, 3.8) is 0 Å². The summed E-state index contributed by atoms with van der Waals surface area (Å²) in [5, 5.41) is 3.18. The average molecular weight is 574 g/mol. The van der Waals surface area contributed by atoms with E-state index in [0.29, 0.717) is 35.5 Å². The minimum absolute atomic E-state index is 0.00901. The molecule has 0 aliphatic heterocycles. The maximum atomic E-state index is 14.0. The molecule has 0 radical (unpaired) electrons. The lowest BCUT2D eigenvalue weighted by atomic mass is 10.1. The van der Waals surface area contributed by atoms with Crippen LogP contribution in [0, 0.1) is 12.7 Å². The topological polar surface area (TPSA) is 86.8 Å². The molecule has 0 aliphatic carbocycles. The summed E-state index contributed by atoms with van der Waals surface area (Å²) in [5.74, 6) is -1.36. The fraction of sp³-hybridized carbons (Fsp3) is 0.310. The summed E-state index contributed by atoms with van der Waals surface area (Å²) in [6.45, 7) is 5.23. The second kappa shape index (κ2) is 13.6. The van der Waals surface area contributed by atoms with Gasteiger partial charge in [0.05, 0.1) is 10.6 Å². The fourth-order valence-corrected chi connectivity index (χ4v) is 5.83. The van der Waals surface area contributed by atoms with Gasteiger partial charge in [0.25, 0.3) is 10.0 Å². The molecule has 0 heterocycles. The maximum absolute atomic E-state index is 14.0. The van der Waals surface area contributed by atoms with Crippen LogP contribution in [0.2, 0.25) is 5.02 Å². The smallest absolute Gasteiger partial charge is 0.264 e. The lowest BCUT2D eigenvalue weighted by Gasteiger charge is -2.33. The predicted molar refractivity (Wildman–Crippen MR) is 151 cm³/mol. The monoisotopic (exact) mass is 573 g/mol. The minimum atomic E-state index is -4.19. The fourth-order valence-electron chi connectivity index (χ4n) is 4.17. The van der Waals surface area contributed by atoms with E-state index in [1.54, 1.807) is 50.2 Å². The largest absolute Gasteiger partial charge is 0.354 e. The number of anilines is 1. The summed E-state index contributed by atoms with van der Waals surface area (Å²) < 4.78 is 42.3. The van der Waals surface area contributed by atoms with Crippen molar-refractivity contribution in [3.05, 3.63) is 94.8 Å². The van der Waals surface area contributed by atoms with Gasteiger partial charge >= 0.3 is 0 Å². The van der Waals surface area contributed by atoms with Crippen LogP contribution in [0.4, 0.5) is 10.1 Å². The highest BCUT2D eigenvalue weighted by Gasteiger charge is 2.34. The van der Waals surface area contributed by atoms with Crippen LogP contribution in [0.5, 0.6) is 0 Å². The zero-order valence-electron chi connectivity index (χ0n) is 22.2. The molecule has 0 bridgehead atoms. The van der Waals surface area contributed by atoms with Gasteiger partial charge in [-0.1, -0.05) is 61.8 Å². The summed E-state index contributed by atoms with van der Waals surface area (Å²) in [7, 11) is -4.19. The van der Waals surface area contributed by atoms with E-state index in [9.17, 15) is 22.4 Å². The van der Waals surface area contributed by atoms with Gasteiger partial charge in [0, 0.05) is 18.1 Å². The lowest BCUT2D eigenvalue weighted by Crippen LogP contribution is -2.52. The van der Waals surface area contributed by atoms with Crippen molar-refractivity contribution < 1.29 is 22.4 Å². The summed E-state index contributed by atoms with van der Waals surface area (Å²) in [4.78, 5) is 28.4. The number of sulfonamides is 1. The van der Waals surface area contributed by atoms with Crippen molar-refractivity contribution in [1.82, 2.24) is 10.2 Å². The van der Waals surface area contributed by atoms with Gasteiger partial charge in [0.2, 0.25) is 11.8 Å². The van der Waals surface area contributed by atoms with Crippen LogP contribution < -0.4 is 9.62 Å². The van der Waals surface area contributed by atoms with Gasteiger partial charge in [-0.3, -0.25) is 13.9 Å². The van der Waals surface area contributed by atoms with E-state index < -0.39 is 34.3 Å². The molecule has 10 heteroatoms. The molecule has 0 fully saturated rings. The molecule has 2 amide bonds. The molecule has 39 heavy (non-hydrogen) atoms. The molecule has 0 aliphatic rings. The number of rotatable bonds is 12. The lowest BCUT2D eigenvalue weighted by molar-refractivity contribution is -0.140. The first kappa shape index (κ1) is 30.1.